The summed E-state index contributed by atoms with van der Waals surface area (Å²) in [5.74, 6) is 0.555. The van der Waals surface area contributed by atoms with Gasteiger partial charge >= 0.3 is 0 Å². The SMILES string of the molecule is CCCC(=O)Nc1ccc(SCC(=O)c2ccccc2)cc1. The van der Waals surface area contributed by atoms with Gasteiger partial charge in [-0.15, -0.1) is 11.8 Å². The molecule has 0 aliphatic rings. The average Bonchev–Trinajstić information content (AvgIpc) is 2.55. The lowest BCUT2D eigenvalue weighted by Gasteiger charge is -2.06. The van der Waals surface area contributed by atoms with Crippen molar-refractivity contribution in [3.8, 4) is 0 Å². The minimum Gasteiger partial charge on any atom is -0.326 e. The van der Waals surface area contributed by atoms with Crippen LogP contribution in [0.5, 0.6) is 0 Å². The molecule has 0 radical (unpaired) electrons. The molecule has 0 saturated carbocycles. The maximum absolute atomic E-state index is 12.0. The van der Waals surface area contributed by atoms with Crippen molar-refractivity contribution in [3.05, 3.63) is 60.2 Å². The molecular weight excluding hydrogens is 294 g/mol. The van der Waals surface area contributed by atoms with Gasteiger partial charge in [-0.25, -0.2) is 0 Å². The van der Waals surface area contributed by atoms with Crippen LogP contribution in [0.1, 0.15) is 30.1 Å². The number of hydrogen-bond donors (Lipinski definition) is 1. The largest absolute Gasteiger partial charge is 0.326 e. The second-order valence-corrected chi connectivity index (χ2v) is 5.95. The number of nitrogens with one attached hydrogen (secondary N) is 1. The monoisotopic (exact) mass is 313 g/mol. The number of carbonyl (C=O) groups excluding carboxylic acids is 2. The zero-order valence-electron chi connectivity index (χ0n) is 12.5. The van der Waals surface area contributed by atoms with Crippen LogP contribution in [-0.2, 0) is 4.79 Å². The molecule has 2 rings (SSSR count). The summed E-state index contributed by atoms with van der Waals surface area (Å²) >= 11 is 1.50. The Morgan fingerprint density at radius 2 is 1.68 bits per heavy atom. The van der Waals surface area contributed by atoms with E-state index in [4.69, 9.17) is 0 Å². The summed E-state index contributed by atoms with van der Waals surface area (Å²) in [6.07, 6.45) is 1.36. The minimum absolute atomic E-state index is 0.0298. The van der Waals surface area contributed by atoms with Crippen molar-refractivity contribution < 1.29 is 9.59 Å². The van der Waals surface area contributed by atoms with Gasteiger partial charge in [0.15, 0.2) is 5.78 Å². The highest BCUT2D eigenvalue weighted by molar-refractivity contribution is 8.00. The number of amides is 1. The lowest BCUT2D eigenvalue weighted by Crippen LogP contribution is -2.10. The lowest BCUT2D eigenvalue weighted by atomic mass is 10.2. The summed E-state index contributed by atoms with van der Waals surface area (Å²) < 4.78 is 0. The normalized spacial score (nSPS) is 10.2. The van der Waals surface area contributed by atoms with Crippen LogP contribution in [0.4, 0.5) is 5.69 Å². The summed E-state index contributed by atoms with van der Waals surface area (Å²) in [4.78, 5) is 24.5. The maximum Gasteiger partial charge on any atom is 0.224 e. The zero-order valence-corrected chi connectivity index (χ0v) is 13.4. The molecule has 1 amide bonds. The van der Waals surface area contributed by atoms with Gasteiger partial charge in [0.1, 0.15) is 0 Å². The number of carbonyl (C=O) groups is 2. The van der Waals surface area contributed by atoms with Crippen molar-refractivity contribution in [1.82, 2.24) is 0 Å². The fourth-order valence-electron chi connectivity index (χ4n) is 1.94. The Balaban J connectivity index is 1.86. The number of rotatable bonds is 7. The second-order valence-electron chi connectivity index (χ2n) is 4.90. The fraction of sp³-hybridized carbons (Fsp3) is 0.222. The summed E-state index contributed by atoms with van der Waals surface area (Å²) in [6, 6.07) is 16.9. The highest BCUT2D eigenvalue weighted by Gasteiger charge is 2.06. The van der Waals surface area contributed by atoms with Gasteiger partial charge < -0.3 is 5.32 Å². The van der Waals surface area contributed by atoms with Crippen LogP contribution in [0.3, 0.4) is 0 Å². The van der Waals surface area contributed by atoms with E-state index in [-0.39, 0.29) is 11.7 Å². The molecule has 0 heterocycles. The highest BCUT2D eigenvalue weighted by Crippen LogP contribution is 2.21. The zero-order chi connectivity index (χ0) is 15.8. The quantitative estimate of drug-likeness (QED) is 0.609. The number of hydrogen-bond acceptors (Lipinski definition) is 3. The van der Waals surface area contributed by atoms with Crippen LogP contribution in [-0.4, -0.2) is 17.4 Å². The molecule has 0 bridgehead atoms. The Kier molecular flexibility index (Phi) is 6.22. The summed E-state index contributed by atoms with van der Waals surface area (Å²) in [6.45, 7) is 1.98. The number of anilines is 1. The fourth-order valence-corrected chi connectivity index (χ4v) is 2.73. The average molecular weight is 313 g/mol. The number of ketones is 1. The molecule has 0 aromatic heterocycles. The van der Waals surface area contributed by atoms with Crippen molar-refractivity contribution in [1.29, 1.82) is 0 Å². The minimum atomic E-state index is 0.0298. The van der Waals surface area contributed by atoms with Gasteiger partial charge in [0.2, 0.25) is 5.91 Å². The molecule has 3 nitrogen and oxygen atoms in total. The van der Waals surface area contributed by atoms with Crippen molar-refractivity contribution in [3.63, 3.8) is 0 Å². The van der Waals surface area contributed by atoms with Gasteiger partial charge in [-0.1, -0.05) is 37.3 Å². The van der Waals surface area contributed by atoms with Crippen LogP contribution < -0.4 is 5.32 Å². The number of thioether (sulfide) groups is 1. The molecule has 0 spiro atoms. The lowest BCUT2D eigenvalue weighted by molar-refractivity contribution is -0.116. The van der Waals surface area contributed by atoms with E-state index >= 15 is 0 Å². The molecule has 0 atom stereocenters. The van der Waals surface area contributed by atoms with Crippen molar-refractivity contribution in [2.75, 3.05) is 11.1 Å². The molecule has 2 aromatic rings. The topological polar surface area (TPSA) is 46.2 Å². The molecular formula is C18H19NO2S. The molecule has 4 heteroatoms. The van der Waals surface area contributed by atoms with Crippen molar-refractivity contribution in [2.24, 2.45) is 0 Å². The maximum atomic E-state index is 12.0. The van der Waals surface area contributed by atoms with E-state index in [0.717, 1.165) is 22.6 Å². The van der Waals surface area contributed by atoms with Gasteiger partial charge in [0.25, 0.3) is 0 Å². The van der Waals surface area contributed by atoms with Gasteiger partial charge in [0.05, 0.1) is 5.75 Å². The molecule has 0 fully saturated rings. The van der Waals surface area contributed by atoms with Crippen LogP contribution in [0.2, 0.25) is 0 Å². The Bertz CT molecular complexity index is 623. The van der Waals surface area contributed by atoms with E-state index in [2.05, 4.69) is 5.32 Å². The second kappa shape index (κ2) is 8.39. The van der Waals surface area contributed by atoms with Crippen LogP contribution in [0.25, 0.3) is 0 Å². The first-order chi connectivity index (χ1) is 10.7. The standard InChI is InChI=1S/C18H19NO2S/c1-2-6-18(21)19-15-9-11-16(12-10-15)22-13-17(20)14-7-4-3-5-8-14/h3-5,7-12H,2,6,13H2,1H3,(H,19,21). The van der Waals surface area contributed by atoms with E-state index in [1.807, 2.05) is 61.5 Å². The molecule has 22 heavy (non-hydrogen) atoms. The summed E-state index contributed by atoms with van der Waals surface area (Å²) in [5, 5.41) is 2.85. The van der Waals surface area contributed by atoms with E-state index in [1.165, 1.54) is 11.8 Å². The molecule has 0 aliphatic carbocycles. The van der Waals surface area contributed by atoms with E-state index < -0.39 is 0 Å². The van der Waals surface area contributed by atoms with Gasteiger partial charge in [0, 0.05) is 22.6 Å². The molecule has 2 aromatic carbocycles. The molecule has 0 aliphatic heterocycles. The van der Waals surface area contributed by atoms with E-state index in [0.29, 0.717) is 12.2 Å². The third-order valence-electron chi connectivity index (χ3n) is 3.08. The predicted octanol–water partition coefficient (Wildman–Crippen LogP) is 4.40. The number of benzene rings is 2. The highest BCUT2D eigenvalue weighted by atomic mass is 32.2. The van der Waals surface area contributed by atoms with E-state index in [1.54, 1.807) is 0 Å². The van der Waals surface area contributed by atoms with Crippen LogP contribution >= 0.6 is 11.8 Å². The molecule has 1 N–H and O–H groups in total. The summed E-state index contributed by atoms with van der Waals surface area (Å²) in [7, 11) is 0. The molecule has 0 unspecified atom stereocenters. The Morgan fingerprint density at radius 3 is 2.32 bits per heavy atom. The smallest absolute Gasteiger partial charge is 0.224 e. The first-order valence-corrected chi connectivity index (χ1v) is 8.28. The van der Waals surface area contributed by atoms with Crippen LogP contribution in [0, 0.1) is 0 Å². The van der Waals surface area contributed by atoms with Gasteiger partial charge in [-0.2, -0.15) is 0 Å². The third kappa shape index (κ3) is 5.04. The Morgan fingerprint density at radius 1 is 1.00 bits per heavy atom. The molecule has 114 valence electrons. The van der Waals surface area contributed by atoms with Gasteiger partial charge in [-0.05, 0) is 30.7 Å². The van der Waals surface area contributed by atoms with Gasteiger partial charge in [-0.3, -0.25) is 9.59 Å². The van der Waals surface area contributed by atoms with E-state index in [9.17, 15) is 9.59 Å². The first kappa shape index (κ1) is 16.3. The Labute approximate surface area is 135 Å². The molecule has 0 saturated heterocycles. The van der Waals surface area contributed by atoms with Crippen LogP contribution in [0.15, 0.2) is 59.5 Å². The number of Topliss-reactive ketones (excluding diaryl/α,β-unsaturated/α-hetero) is 1. The predicted molar refractivity (Wildman–Crippen MR) is 91.5 cm³/mol. The third-order valence-corrected chi connectivity index (χ3v) is 4.09. The Hall–Kier alpha value is -2.07. The van der Waals surface area contributed by atoms with Crippen molar-refractivity contribution in [2.45, 2.75) is 24.7 Å². The first-order valence-electron chi connectivity index (χ1n) is 7.30. The van der Waals surface area contributed by atoms with Crippen molar-refractivity contribution >= 4 is 29.1 Å². The summed E-state index contributed by atoms with van der Waals surface area (Å²) in [5.41, 5.74) is 1.52.